The molecule has 1 N–H and O–H groups in total. The first kappa shape index (κ1) is 20.7. The number of ether oxygens (including phenoxy) is 2. The van der Waals surface area contributed by atoms with Crippen molar-refractivity contribution >= 4 is 29.1 Å². The number of hydrogen-bond donors (Lipinski definition) is 1. The minimum Gasteiger partial charge on any atom is -0.497 e. The first-order chi connectivity index (χ1) is 14.9. The summed E-state index contributed by atoms with van der Waals surface area (Å²) in [5.74, 6) is -0.435. The molecule has 2 aliphatic rings. The first-order valence-electron chi connectivity index (χ1n) is 10.1. The molecule has 4 rings (SSSR count). The van der Waals surface area contributed by atoms with E-state index in [1.807, 2.05) is 19.1 Å². The fourth-order valence-electron chi connectivity index (χ4n) is 4.29. The Bertz CT molecular complexity index is 1080. The molecule has 2 aromatic rings. The summed E-state index contributed by atoms with van der Waals surface area (Å²) in [7, 11) is 3.05. The molecule has 0 unspecified atom stereocenters. The van der Waals surface area contributed by atoms with Crippen molar-refractivity contribution in [3.63, 3.8) is 0 Å². The number of rotatable bonds is 5. The van der Waals surface area contributed by atoms with Gasteiger partial charge in [0.05, 0.1) is 37.4 Å². The van der Waals surface area contributed by atoms with Crippen molar-refractivity contribution in [2.75, 3.05) is 24.4 Å². The molecular formula is C24H24N2O5. The molecule has 1 aliphatic heterocycles. The van der Waals surface area contributed by atoms with Crippen LogP contribution in [0.2, 0.25) is 0 Å². The molecule has 3 atom stereocenters. The van der Waals surface area contributed by atoms with Gasteiger partial charge in [0.1, 0.15) is 11.5 Å². The highest BCUT2D eigenvalue weighted by molar-refractivity contribution is 6.22. The Morgan fingerprint density at radius 1 is 1.06 bits per heavy atom. The number of imide groups is 1. The summed E-state index contributed by atoms with van der Waals surface area (Å²) in [6.45, 7) is 1.95. The van der Waals surface area contributed by atoms with Gasteiger partial charge in [0.25, 0.3) is 5.91 Å². The molecule has 1 aliphatic carbocycles. The number of nitrogens with zero attached hydrogens (tertiary/aromatic N) is 1. The summed E-state index contributed by atoms with van der Waals surface area (Å²) in [4.78, 5) is 40.1. The van der Waals surface area contributed by atoms with E-state index in [9.17, 15) is 14.4 Å². The van der Waals surface area contributed by atoms with Crippen LogP contribution in [0.25, 0.3) is 0 Å². The highest BCUT2D eigenvalue weighted by Crippen LogP contribution is 2.40. The summed E-state index contributed by atoms with van der Waals surface area (Å²) < 4.78 is 10.5. The van der Waals surface area contributed by atoms with Gasteiger partial charge in [0.15, 0.2) is 0 Å². The summed E-state index contributed by atoms with van der Waals surface area (Å²) >= 11 is 0. The highest BCUT2D eigenvalue weighted by Gasteiger charge is 2.50. The van der Waals surface area contributed by atoms with E-state index in [0.29, 0.717) is 34.9 Å². The Morgan fingerprint density at radius 2 is 1.87 bits per heavy atom. The lowest BCUT2D eigenvalue weighted by molar-refractivity contribution is -0.122. The van der Waals surface area contributed by atoms with Gasteiger partial charge in [-0.15, -0.1) is 0 Å². The maximum absolute atomic E-state index is 13.0. The van der Waals surface area contributed by atoms with E-state index >= 15 is 0 Å². The number of amides is 3. The molecule has 3 amide bonds. The number of fused-ring (bicyclic) bond motifs is 1. The van der Waals surface area contributed by atoms with Crippen LogP contribution in [0, 0.1) is 17.8 Å². The van der Waals surface area contributed by atoms with E-state index in [4.69, 9.17) is 9.47 Å². The zero-order chi connectivity index (χ0) is 22.1. The molecule has 0 saturated carbocycles. The van der Waals surface area contributed by atoms with Crippen molar-refractivity contribution in [1.82, 2.24) is 0 Å². The van der Waals surface area contributed by atoms with E-state index in [1.165, 1.54) is 19.1 Å². The van der Waals surface area contributed by atoms with E-state index in [0.717, 1.165) is 0 Å². The van der Waals surface area contributed by atoms with Gasteiger partial charge in [0.2, 0.25) is 11.8 Å². The molecule has 7 heteroatoms. The van der Waals surface area contributed by atoms with Crippen LogP contribution in [0.4, 0.5) is 11.4 Å². The van der Waals surface area contributed by atoms with Gasteiger partial charge in [-0.05, 0) is 42.7 Å². The van der Waals surface area contributed by atoms with Gasteiger partial charge in [-0.3, -0.25) is 19.3 Å². The Kier molecular flexibility index (Phi) is 5.50. The predicted molar refractivity (Wildman–Crippen MR) is 116 cm³/mol. The molecule has 1 fully saturated rings. The number of carbonyl (C=O) groups excluding carboxylic acids is 3. The van der Waals surface area contributed by atoms with Crippen LogP contribution in [0.15, 0.2) is 54.6 Å². The summed E-state index contributed by atoms with van der Waals surface area (Å²) in [5, 5.41) is 2.81. The maximum atomic E-state index is 13.0. The van der Waals surface area contributed by atoms with Crippen molar-refractivity contribution < 1.29 is 23.9 Å². The molecule has 7 nitrogen and oxygen atoms in total. The Labute approximate surface area is 180 Å². The number of hydrogen-bond acceptors (Lipinski definition) is 5. The highest BCUT2D eigenvalue weighted by atomic mass is 16.5. The van der Waals surface area contributed by atoms with Gasteiger partial charge >= 0.3 is 0 Å². The van der Waals surface area contributed by atoms with Crippen LogP contribution in [-0.2, 0) is 9.59 Å². The number of anilines is 2. The fourth-order valence-corrected chi connectivity index (χ4v) is 4.29. The molecule has 160 valence electrons. The summed E-state index contributed by atoms with van der Waals surface area (Å²) in [6.07, 6.45) is 4.51. The van der Waals surface area contributed by atoms with Crippen LogP contribution in [0.5, 0.6) is 11.5 Å². The third-order valence-electron chi connectivity index (χ3n) is 5.89. The predicted octanol–water partition coefficient (Wildman–Crippen LogP) is 3.66. The monoisotopic (exact) mass is 420 g/mol. The molecule has 0 radical (unpaired) electrons. The number of methoxy groups -OCH3 is 2. The maximum Gasteiger partial charge on any atom is 0.255 e. The smallest absolute Gasteiger partial charge is 0.255 e. The zero-order valence-corrected chi connectivity index (χ0v) is 17.6. The first-order valence-corrected chi connectivity index (χ1v) is 10.1. The van der Waals surface area contributed by atoms with Crippen LogP contribution in [0.1, 0.15) is 23.7 Å². The van der Waals surface area contributed by atoms with E-state index in [-0.39, 0.29) is 35.5 Å². The Balaban J connectivity index is 1.60. The number of benzene rings is 2. The number of allylic oxidation sites excluding steroid dienone is 2. The quantitative estimate of drug-likeness (QED) is 0.589. The summed E-state index contributed by atoms with van der Waals surface area (Å²) in [6, 6.07) is 11.6. The standard InChI is InChI=1S/C24H24N2O5/c1-14-6-4-9-18-21(14)24(29)26(23(18)28)16-8-5-7-15(12-16)22(27)25-19-13-17(30-2)10-11-20(19)31-3/h4-8,10-14,18,21H,9H2,1-3H3,(H,25,27)/t14-,18+,21-/m1/s1. The average molecular weight is 420 g/mol. The average Bonchev–Trinajstić information content (AvgIpc) is 3.04. The number of carbonyl (C=O) groups is 3. The molecule has 0 aromatic heterocycles. The normalized spacial score (nSPS) is 22.3. The zero-order valence-electron chi connectivity index (χ0n) is 17.6. The molecular weight excluding hydrogens is 396 g/mol. The van der Waals surface area contributed by atoms with Crippen LogP contribution >= 0.6 is 0 Å². The van der Waals surface area contributed by atoms with E-state index < -0.39 is 0 Å². The van der Waals surface area contributed by atoms with Crippen molar-refractivity contribution in [3.05, 3.63) is 60.2 Å². The molecule has 2 aromatic carbocycles. The lowest BCUT2D eigenvalue weighted by atomic mass is 9.78. The van der Waals surface area contributed by atoms with Crippen LogP contribution in [-0.4, -0.2) is 31.9 Å². The van der Waals surface area contributed by atoms with Gasteiger partial charge in [-0.1, -0.05) is 25.1 Å². The third-order valence-corrected chi connectivity index (χ3v) is 5.89. The van der Waals surface area contributed by atoms with Crippen LogP contribution < -0.4 is 19.7 Å². The molecule has 31 heavy (non-hydrogen) atoms. The fraction of sp³-hybridized carbons (Fsp3) is 0.292. The second-order valence-electron chi connectivity index (χ2n) is 7.74. The van der Waals surface area contributed by atoms with Gasteiger partial charge < -0.3 is 14.8 Å². The second-order valence-corrected chi connectivity index (χ2v) is 7.74. The number of nitrogens with one attached hydrogen (secondary N) is 1. The minimum atomic E-state index is -0.389. The SMILES string of the molecule is COc1ccc(OC)c(NC(=O)c2cccc(N3C(=O)[C@@H]4[C@H](C)C=CC[C@@H]4C3=O)c2)c1. The van der Waals surface area contributed by atoms with Gasteiger partial charge in [-0.25, -0.2) is 0 Å². The molecule has 0 bridgehead atoms. The summed E-state index contributed by atoms with van der Waals surface area (Å²) in [5.41, 5.74) is 1.18. The van der Waals surface area contributed by atoms with Crippen molar-refractivity contribution in [2.24, 2.45) is 17.8 Å². The van der Waals surface area contributed by atoms with E-state index in [1.54, 1.807) is 42.5 Å². The third kappa shape index (κ3) is 3.67. The van der Waals surface area contributed by atoms with Gasteiger partial charge in [-0.2, -0.15) is 0 Å². The van der Waals surface area contributed by atoms with Crippen LogP contribution in [0.3, 0.4) is 0 Å². The second kappa shape index (κ2) is 8.26. The van der Waals surface area contributed by atoms with Crippen molar-refractivity contribution in [2.45, 2.75) is 13.3 Å². The lowest BCUT2D eigenvalue weighted by Crippen LogP contribution is -2.31. The lowest BCUT2D eigenvalue weighted by Gasteiger charge is -2.22. The molecule has 1 saturated heterocycles. The van der Waals surface area contributed by atoms with Crippen molar-refractivity contribution in [3.8, 4) is 11.5 Å². The van der Waals surface area contributed by atoms with E-state index in [2.05, 4.69) is 5.32 Å². The topological polar surface area (TPSA) is 84.9 Å². The van der Waals surface area contributed by atoms with Gasteiger partial charge in [0, 0.05) is 11.6 Å². The largest absolute Gasteiger partial charge is 0.497 e. The Hall–Kier alpha value is -3.61. The molecule has 0 spiro atoms. The minimum absolute atomic E-state index is 0.00667. The Morgan fingerprint density at radius 3 is 2.58 bits per heavy atom. The molecule has 1 heterocycles. The van der Waals surface area contributed by atoms with Crippen molar-refractivity contribution in [1.29, 1.82) is 0 Å².